The van der Waals surface area contributed by atoms with Crippen molar-refractivity contribution in [2.24, 2.45) is 4.99 Å². The van der Waals surface area contributed by atoms with Crippen LogP contribution in [0.2, 0.25) is 13.1 Å². The predicted octanol–water partition coefficient (Wildman–Crippen LogP) is 2.22. The SMILES string of the molecule is CC1=C2C3=CC=NC3=C1[Si]2(C)C.Cc1cc2c(-c3ccc(C(C)(C)C)cc3)cccc2[cH-]1.[Cl-].[Cl-].[Zr+3]. The van der Waals surface area contributed by atoms with Crippen LogP contribution in [0.1, 0.15) is 38.8 Å². The van der Waals surface area contributed by atoms with E-state index in [1.165, 1.54) is 49.9 Å². The molecule has 7 rings (SSSR count). The second-order valence-corrected chi connectivity index (χ2v) is 15.1. The van der Waals surface area contributed by atoms with Gasteiger partial charge in [-0.25, -0.2) is 0 Å². The number of nitrogens with zero attached hydrogens (tertiary/aromatic N) is 1. The number of hydrogen-bond donors (Lipinski definition) is 0. The van der Waals surface area contributed by atoms with Gasteiger partial charge in [0.25, 0.3) is 0 Å². The van der Waals surface area contributed by atoms with E-state index in [1.807, 2.05) is 6.21 Å². The van der Waals surface area contributed by atoms with Gasteiger partial charge in [-0.1, -0.05) is 76.7 Å². The maximum Gasteiger partial charge on any atom is 3.00 e. The van der Waals surface area contributed by atoms with Gasteiger partial charge in [0.15, 0.2) is 0 Å². The van der Waals surface area contributed by atoms with E-state index in [4.69, 9.17) is 0 Å². The first-order chi connectivity index (χ1) is 15.1. The van der Waals surface area contributed by atoms with Gasteiger partial charge < -0.3 is 24.8 Å². The van der Waals surface area contributed by atoms with Crippen molar-refractivity contribution in [1.82, 2.24) is 0 Å². The number of aliphatic imine (C=N–C) groups is 1. The molecule has 2 bridgehead atoms. The van der Waals surface area contributed by atoms with Crippen molar-refractivity contribution in [3.8, 4) is 11.1 Å². The maximum atomic E-state index is 4.42. The predicted molar refractivity (Wildman–Crippen MR) is 142 cm³/mol. The van der Waals surface area contributed by atoms with E-state index in [1.54, 1.807) is 10.4 Å². The van der Waals surface area contributed by atoms with E-state index < -0.39 is 8.07 Å². The van der Waals surface area contributed by atoms with Gasteiger partial charge in [-0.3, -0.25) is 4.99 Å². The van der Waals surface area contributed by atoms with E-state index >= 15 is 0 Å². The van der Waals surface area contributed by atoms with Crippen LogP contribution >= 0.6 is 0 Å². The van der Waals surface area contributed by atoms with Crippen molar-refractivity contribution in [2.45, 2.75) is 53.1 Å². The summed E-state index contributed by atoms with van der Waals surface area (Å²) < 4.78 is 0. The molecular weight excluding hydrogens is 565 g/mol. The Balaban J connectivity index is 0.000000249. The molecule has 1 radical (unpaired) electrons. The summed E-state index contributed by atoms with van der Waals surface area (Å²) in [5.74, 6) is 0. The van der Waals surface area contributed by atoms with Crippen LogP contribution in [0.3, 0.4) is 0 Å². The Morgan fingerprint density at radius 1 is 0.886 bits per heavy atom. The molecule has 0 spiro atoms. The number of allylic oxidation sites excluding steroid dienone is 4. The van der Waals surface area contributed by atoms with E-state index in [-0.39, 0.29) is 56.4 Å². The molecule has 0 aromatic heterocycles. The summed E-state index contributed by atoms with van der Waals surface area (Å²) in [5.41, 5.74) is 9.83. The van der Waals surface area contributed by atoms with Crippen LogP contribution in [0.4, 0.5) is 0 Å². The summed E-state index contributed by atoms with van der Waals surface area (Å²) in [6, 6.07) is 20.1. The van der Waals surface area contributed by atoms with Gasteiger partial charge in [0.1, 0.15) is 8.07 Å². The minimum Gasteiger partial charge on any atom is -1.00 e. The molecule has 4 aliphatic rings. The van der Waals surface area contributed by atoms with Gasteiger partial charge in [0, 0.05) is 11.8 Å². The number of benzene rings is 2. The quantitative estimate of drug-likeness (QED) is 0.302. The first-order valence-electron chi connectivity index (χ1n) is 11.6. The van der Waals surface area contributed by atoms with E-state index in [9.17, 15) is 0 Å². The molecule has 0 amide bonds. The maximum absolute atomic E-state index is 4.42. The second-order valence-electron chi connectivity index (χ2n) is 10.9. The Morgan fingerprint density at radius 3 is 2.11 bits per heavy atom. The molecular formula is C30H32Cl2NSiZr. The first-order valence-corrected chi connectivity index (χ1v) is 14.6. The third-order valence-corrected chi connectivity index (χ3v) is 10.9. The van der Waals surface area contributed by atoms with E-state index in [0.29, 0.717) is 0 Å². The average molecular weight is 597 g/mol. The van der Waals surface area contributed by atoms with Crippen LogP contribution in [0.15, 0.2) is 92.9 Å². The number of fused-ring (bicyclic) bond motifs is 1. The van der Waals surface area contributed by atoms with Crippen LogP contribution in [0, 0.1) is 6.92 Å². The number of halogens is 2. The molecule has 3 aromatic rings. The minimum atomic E-state index is -1.13. The number of aryl methyl sites for hydroxylation is 1. The van der Waals surface area contributed by atoms with Gasteiger partial charge in [-0.15, -0.1) is 34.5 Å². The van der Waals surface area contributed by atoms with Crippen LogP contribution < -0.4 is 24.8 Å². The zero-order chi connectivity index (χ0) is 22.8. The third-order valence-electron chi connectivity index (χ3n) is 7.16. The topological polar surface area (TPSA) is 12.4 Å². The zero-order valence-corrected chi connectivity index (χ0v) is 26.5. The van der Waals surface area contributed by atoms with E-state index in [0.717, 1.165) is 0 Å². The molecule has 3 aliphatic heterocycles. The molecule has 3 aromatic carbocycles. The van der Waals surface area contributed by atoms with Crippen molar-refractivity contribution in [1.29, 1.82) is 0 Å². The molecule has 0 N–H and O–H groups in total. The summed E-state index contributed by atoms with van der Waals surface area (Å²) in [5, 5.41) is 5.95. The standard InChI is InChI=1S/C20H21.C10H11NSi.2ClH.Zr/c1-14-12-16-6-5-7-18(19(16)13-14)15-8-10-17(11-9-15)20(2,3)4;1-6-9-7-4-5-11-8(7)10(6)12(9,2)3;;;/h5-13H,1-4H3;4-5H,1-3H3;2*1H;/q-1;;;;+3/p-2. The fraction of sp³-hybridized carbons (Fsp3) is 0.267. The molecule has 1 aliphatic carbocycles. The number of hydrogen-bond acceptors (Lipinski definition) is 1. The van der Waals surface area contributed by atoms with Crippen molar-refractivity contribution in [3.63, 3.8) is 0 Å². The van der Waals surface area contributed by atoms with Crippen molar-refractivity contribution in [3.05, 3.63) is 99.0 Å². The molecule has 1 nitrogen and oxygen atoms in total. The second kappa shape index (κ2) is 10.5. The summed E-state index contributed by atoms with van der Waals surface area (Å²) >= 11 is 0. The molecule has 0 saturated heterocycles. The van der Waals surface area contributed by atoms with E-state index in [2.05, 4.69) is 113 Å². The number of rotatable bonds is 1. The third kappa shape index (κ3) is 4.95. The molecule has 5 heteroatoms. The monoisotopic (exact) mass is 594 g/mol. The summed E-state index contributed by atoms with van der Waals surface area (Å²) in [7, 11) is -1.13. The summed E-state index contributed by atoms with van der Waals surface area (Å²) in [4.78, 5) is 4.42. The fourth-order valence-electron chi connectivity index (χ4n) is 5.66. The minimum absolute atomic E-state index is 0. The molecule has 0 atom stereocenters. The van der Waals surface area contributed by atoms with Crippen molar-refractivity contribution in [2.75, 3.05) is 0 Å². The van der Waals surface area contributed by atoms with Gasteiger partial charge >= 0.3 is 26.2 Å². The molecule has 179 valence electrons. The van der Waals surface area contributed by atoms with Crippen LogP contribution in [-0.2, 0) is 31.6 Å². The average Bonchev–Trinajstić information content (AvgIpc) is 3.43. The molecule has 35 heavy (non-hydrogen) atoms. The van der Waals surface area contributed by atoms with Gasteiger partial charge in [-0.05, 0) is 45.5 Å². The van der Waals surface area contributed by atoms with Gasteiger partial charge in [0.05, 0.1) is 5.70 Å². The first kappa shape index (κ1) is 29.8. The molecule has 0 saturated carbocycles. The summed E-state index contributed by atoms with van der Waals surface area (Å²) in [6.45, 7) is 16.0. The Morgan fingerprint density at radius 2 is 1.54 bits per heavy atom. The molecule has 0 fully saturated rings. The van der Waals surface area contributed by atoms with Gasteiger partial charge in [-0.2, -0.15) is 6.07 Å². The van der Waals surface area contributed by atoms with Gasteiger partial charge in [0.2, 0.25) is 0 Å². The Labute approximate surface area is 242 Å². The summed E-state index contributed by atoms with van der Waals surface area (Å²) in [6.07, 6.45) is 4.10. The normalized spacial score (nSPS) is 16.4. The zero-order valence-electron chi connectivity index (χ0n) is 21.6. The Hall–Kier alpha value is -1.38. The van der Waals surface area contributed by atoms with Crippen molar-refractivity contribution >= 4 is 25.1 Å². The molecule has 3 heterocycles. The smallest absolute Gasteiger partial charge is 1.00 e. The van der Waals surface area contributed by atoms with Crippen molar-refractivity contribution < 1.29 is 51.0 Å². The Kier molecular flexibility index (Phi) is 8.99. The van der Waals surface area contributed by atoms with Crippen LogP contribution in [0.5, 0.6) is 0 Å². The fourth-order valence-corrected chi connectivity index (χ4v) is 9.51. The van der Waals surface area contributed by atoms with Crippen LogP contribution in [0.25, 0.3) is 21.9 Å². The largest absolute Gasteiger partial charge is 3.00 e. The Bertz CT molecular complexity index is 1380. The van der Waals surface area contributed by atoms with Crippen LogP contribution in [-0.4, -0.2) is 14.3 Å². The molecule has 0 unspecified atom stereocenters.